The van der Waals surface area contributed by atoms with Crippen LogP contribution in [0.15, 0.2) is 42.6 Å². The lowest BCUT2D eigenvalue weighted by molar-refractivity contribution is 0.0155. The summed E-state index contributed by atoms with van der Waals surface area (Å²) in [6, 6.07) is 10.7. The number of pyridine rings is 1. The van der Waals surface area contributed by atoms with Crippen LogP contribution in [-0.2, 0) is 9.47 Å². The monoisotopic (exact) mass is 675 g/mol. The van der Waals surface area contributed by atoms with E-state index < -0.39 is 23.6 Å². The fourth-order valence-electron chi connectivity index (χ4n) is 6.44. The normalized spacial score (nSPS) is 20.3. The van der Waals surface area contributed by atoms with Crippen LogP contribution >= 0.6 is 11.6 Å². The first-order chi connectivity index (χ1) is 23.0. The van der Waals surface area contributed by atoms with Crippen LogP contribution in [0.2, 0.25) is 5.02 Å². The number of amides is 1. The average Bonchev–Trinajstić information content (AvgIpc) is 3.42. The Morgan fingerprint density at radius 3 is 2.60 bits per heavy atom. The first kappa shape index (κ1) is 33.6. The molecule has 1 amide bonds. The SMILES string of the molecule is [C-]#[N+]C[C@H]1CN(c2nc(OC[C@@H]3C[C@@H](OC)CN3C)nc3c(F)c(-c4cccc5cccc(Cl)c45)ncc23)CCN1C(=O)OC(C)(C)C. The van der Waals surface area contributed by atoms with Crippen molar-refractivity contribution in [3.8, 4) is 17.3 Å². The summed E-state index contributed by atoms with van der Waals surface area (Å²) in [5, 5.41) is 2.42. The van der Waals surface area contributed by atoms with Crippen molar-refractivity contribution in [3.63, 3.8) is 0 Å². The molecule has 3 atom stereocenters. The maximum absolute atomic E-state index is 16.8. The van der Waals surface area contributed by atoms with E-state index in [-0.39, 0.29) is 55.6 Å². The number of carbonyl (C=O) groups excluding carboxylic acids is 1. The lowest BCUT2D eigenvalue weighted by Crippen LogP contribution is -2.57. The van der Waals surface area contributed by atoms with Crippen molar-refractivity contribution in [1.29, 1.82) is 0 Å². The van der Waals surface area contributed by atoms with Gasteiger partial charge in [0.1, 0.15) is 35.3 Å². The summed E-state index contributed by atoms with van der Waals surface area (Å²) < 4.78 is 34.1. The minimum absolute atomic E-state index is 0.0232. The van der Waals surface area contributed by atoms with Gasteiger partial charge in [-0.1, -0.05) is 41.9 Å². The van der Waals surface area contributed by atoms with Crippen LogP contribution in [0.4, 0.5) is 15.0 Å². The Hall–Kier alpha value is -4.31. The Balaban J connectivity index is 1.41. The Morgan fingerprint density at radius 2 is 1.90 bits per heavy atom. The van der Waals surface area contributed by atoms with Gasteiger partial charge in [0.25, 0.3) is 0 Å². The molecule has 0 aliphatic carbocycles. The van der Waals surface area contributed by atoms with Gasteiger partial charge in [-0.2, -0.15) is 9.97 Å². The smallest absolute Gasteiger partial charge is 0.410 e. The highest BCUT2D eigenvalue weighted by molar-refractivity contribution is 6.36. The molecule has 6 rings (SSSR count). The second kappa shape index (κ2) is 13.7. The molecule has 2 saturated heterocycles. The Bertz CT molecular complexity index is 1880. The van der Waals surface area contributed by atoms with E-state index in [2.05, 4.69) is 19.7 Å². The van der Waals surface area contributed by atoms with Gasteiger partial charge >= 0.3 is 12.1 Å². The van der Waals surface area contributed by atoms with E-state index >= 15 is 4.39 Å². The third-order valence-corrected chi connectivity index (χ3v) is 9.17. The van der Waals surface area contributed by atoms with Crippen LogP contribution < -0.4 is 9.64 Å². The van der Waals surface area contributed by atoms with Crippen molar-refractivity contribution in [3.05, 3.63) is 64.9 Å². The number of hydrogen-bond donors (Lipinski definition) is 0. The molecule has 48 heavy (non-hydrogen) atoms. The number of carbonyl (C=O) groups is 1. The Morgan fingerprint density at radius 1 is 1.12 bits per heavy atom. The third kappa shape index (κ3) is 6.81. The highest BCUT2D eigenvalue weighted by Crippen LogP contribution is 2.38. The van der Waals surface area contributed by atoms with Gasteiger partial charge in [-0.3, -0.25) is 14.8 Å². The summed E-state index contributed by atoms with van der Waals surface area (Å²) in [5.41, 5.74) is 0.0184. The highest BCUT2D eigenvalue weighted by Gasteiger charge is 2.37. The number of methoxy groups -OCH3 is 1. The second-order valence-electron chi connectivity index (χ2n) is 13.3. The number of anilines is 1. The van der Waals surface area contributed by atoms with Crippen LogP contribution in [0.1, 0.15) is 27.2 Å². The lowest BCUT2D eigenvalue weighted by atomic mass is 10.0. The van der Waals surface area contributed by atoms with Gasteiger partial charge in [0.05, 0.1) is 11.5 Å². The molecule has 252 valence electrons. The molecule has 2 aromatic carbocycles. The summed E-state index contributed by atoms with van der Waals surface area (Å²) >= 11 is 6.61. The molecule has 0 N–H and O–H groups in total. The molecule has 13 heteroatoms. The average molecular weight is 676 g/mol. The standard InChI is InChI=1S/C35H39ClFN7O4/c1-35(2,3)48-34(45)44-14-13-43(18-23(44)16-38-4)32-26-17-39-30(25-11-7-9-21-10-8-12-27(36)28(21)25)29(37)31(26)40-33(41-32)47-20-22-15-24(46-6)19-42(22)5/h7-12,17,22-24H,13-16,18-20H2,1-3,5-6H3/t22-,23-,24+/m0/s1. The van der Waals surface area contributed by atoms with Gasteiger partial charge in [-0.05, 0) is 45.7 Å². The maximum Gasteiger partial charge on any atom is 0.410 e. The minimum atomic E-state index is -0.683. The molecule has 0 radical (unpaired) electrons. The van der Waals surface area contributed by atoms with Crippen molar-refractivity contribution in [2.45, 2.75) is 51.0 Å². The van der Waals surface area contributed by atoms with E-state index in [0.29, 0.717) is 33.7 Å². The largest absolute Gasteiger partial charge is 0.462 e. The topological polar surface area (TPSA) is 97.5 Å². The summed E-state index contributed by atoms with van der Waals surface area (Å²) in [7, 11) is 3.70. The zero-order chi connectivity index (χ0) is 34.2. The summed E-state index contributed by atoms with van der Waals surface area (Å²) in [5.74, 6) is -0.215. The zero-order valence-electron chi connectivity index (χ0n) is 27.7. The predicted molar refractivity (Wildman–Crippen MR) is 183 cm³/mol. The van der Waals surface area contributed by atoms with Crippen molar-refractivity contribution >= 4 is 45.2 Å². The zero-order valence-corrected chi connectivity index (χ0v) is 28.5. The Labute approximate surface area is 284 Å². The fourth-order valence-corrected chi connectivity index (χ4v) is 6.73. The van der Waals surface area contributed by atoms with Crippen molar-refractivity contribution < 1.29 is 23.4 Å². The third-order valence-electron chi connectivity index (χ3n) is 8.85. The molecular formula is C35H39ClFN7O4. The summed E-state index contributed by atoms with van der Waals surface area (Å²) in [6.45, 7) is 15.0. The van der Waals surface area contributed by atoms with Crippen LogP contribution in [0.25, 0.3) is 37.8 Å². The number of hydrogen-bond acceptors (Lipinski definition) is 9. The van der Waals surface area contributed by atoms with Crippen LogP contribution in [-0.4, -0.2) is 108 Å². The van der Waals surface area contributed by atoms with Gasteiger partial charge in [0, 0.05) is 61.5 Å². The molecule has 2 fully saturated rings. The molecule has 11 nitrogen and oxygen atoms in total. The number of rotatable bonds is 7. The molecule has 0 saturated carbocycles. The summed E-state index contributed by atoms with van der Waals surface area (Å²) in [6.07, 6.45) is 1.97. The van der Waals surface area contributed by atoms with Crippen molar-refractivity contribution in [2.24, 2.45) is 0 Å². The number of likely N-dealkylation sites (N-methyl/N-ethyl adjacent to an activating group) is 1. The molecular weight excluding hydrogens is 637 g/mol. The number of nitrogens with zero attached hydrogens (tertiary/aromatic N) is 7. The molecule has 2 aliphatic rings. The van der Waals surface area contributed by atoms with E-state index in [1.54, 1.807) is 51.1 Å². The second-order valence-corrected chi connectivity index (χ2v) is 13.7. The van der Waals surface area contributed by atoms with Gasteiger partial charge in [-0.15, -0.1) is 0 Å². The highest BCUT2D eigenvalue weighted by atomic mass is 35.5. The first-order valence-electron chi connectivity index (χ1n) is 15.9. The number of benzene rings is 2. The molecule has 4 aromatic rings. The fraction of sp³-hybridized carbons (Fsp3) is 0.457. The number of likely N-dealkylation sites (tertiary alicyclic amines) is 1. The molecule has 2 aliphatic heterocycles. The number of piperazine rings is 1. The quantitative estimate of drug-likeness (QED) is 0.216. The maximum atomic E-state index is 16.8. The van der Waals surface area contributed by atoms with E-state index in [4.69, 9.17) is 37.4 Å². The minimum Gasteiger partial charge on any atom is -0.462 e. The van der Waals surface area contributed by atoms with Gasteiger partial charge < -0.3 is 24.0 Å². The lowest BCUT2D eigenvalue weighted by Gasteiger charge is -2.40. The number of aromatic nitrogens is 3. The summed E-state index contributed by atoms with van der Waals surface area (Å²) in [4.78, 5) is 36.3. The van der Waals surface area contributed by atoms with E-state index in [1.807, 2.05) is 36.2 Å². The van der Waals surface area contributed by atoms with Crippen LogP contribution in [0.3, 0.4) is 0 Å². The molecule has 0 bridgehead atoms. The van der Waals surface area contributed by atoms with Crippen molar-refractivity contribution in [1.82, 2.24) is 24.8 Å². The number of fused-ring (bicyclic) bond motifs is 2. The number of halogens is 2. The molecule has 0 spiro atoms. The van der Waals surface area contributed by atoms with E-state index in [9.17, 15) is 4.79 Å². The number of ether oxygens (including phenoxy) is 3. The van der Waals surface area contributed by atoms with Gasteiger partial charge in [0.15, 0.2) is 5.82 Å². The van der Waals surface area contributed by atoms with E-state index in [0.717, 1.165) is 18.4 Å². The first-order valence-corrected chi connectivity index (χ1v) is 16.3. The Kier molecular flexibility index (Phi) is 9.56. The molecule has 2 aromatic heterocycles. The van der Waals surface area contributed by atoms with Gasteiger partial charge in [0.2, 0.25) is 6.54 Å². The van der Waals surface area contributed by atoms with E-state index in [1.165, 1.54) is 0 Å². The predicted octanol–water partition coefficient (Wildman–Crippen LogP) is 6.08. The molecule has 0 unspecified atom stereocenters. The van der Waals surface area contributed by atoms with Crippen molar-refractivity contribution in [2.75, 3.05) is 58.4 Å². The van der Waals surface area contributed by atoms with Crippen LogP contribution in [0.5, 0.6) is 6.01 Å². The van der Waals surface area contributed by atoms with Crippen LogP contribution in [0, 0.1) is 12.4 Å². The molecule has 4 heterocycles. The van der Waals surface area contributed by atoms with Gasteiger partial charge in [-0.25, -0.2) is 15.8 Å².